The lowest BCUT2D eigenvalue weighted by Crippen LogP contribution is -2.47. The van der Waals surface area contributed by atoms with Gasteiger partial charge in [-0.1, -0.05) is 60.7 Å². The molecule has 2 aromatic heterocycles. The fourth-order valence-electron chi connectivity index (χ4n) is 6.31. The zero-order valence-electron chi connectivity index (χ0n) is 30.7. The lowest BCUT2D eigenvalue weighted by molar-refractivity contribution is -0.132. The number of methoxy groups -OCH3 is 1. The van der Waals surface area contributed by atoms with Gasteiger partial charge in [-0.15, -0.1) is 0 Å². The molecule has 4 aromatic rings. The summed E-state index contributed by atoms with van der Waals surface area (Å²) in [5.41, 5.74) is 5.90. The van der Waals surface area contributed by atoms with Crippen molar-refractivity contribution in [1.29, 1.82) is 0 Å². The third kappa shape index (κ3) is 10.0. The van der Waals surface area contributed by atoms with Gasteiger partial charge in [-0.2, -0.15) is 27.0 Å². The number of alkyl carbamates (subject to hydrolysis) is 1. The van der Waals surface area contributed by atoms with Gasteiger partial charge in [-0.25, -0.2) is 19.6 Å². The molecule has 0 unspecified atom stereocenters. The lowest BCUT2D eigenvalue weighted by atomic mass is 10.0. The van der Waals surface area contributed by atoms with Crippen LogP contribution < -0.4 is 5.32 Å². The molecule has 4 heterocycles. The number of rotatable bonds is 5. The molecule has 53 heavy (non-hydrogen) atoms. The van der Waals surface area contributed by atoms with Crippen molar-refractivity contribution in [2.45, 2.75) is 70.9 Å². The number of amides is 3. The number of ether oxygens (including phenoxy) is 3. The predicted molar refractivity (Wildman–Crippen MR) is 212 cm³/mol. The Kier molecular flexibility index (Phi) is 13.8. The van der Waals surface area contributed by atoms with Crippen LogP contribution in [0.4, 0.5) is 9.59 Å². The van der Waals surface area contributed by atoms with Crippen LogP contribution in [-0.2, 0) is 32.2 Å². The van der Waals surface area contributed by atoms with E-state index in [1.165, 1.54) is 12.0 Å². The van der Waals surface area contributed by atoms with E-state index in [4.69, 9.17) is 19.2 Å². The van der Waals surface area contributed by atoms with Gasteiger partial charge in [0.2, 0.25) is 5.91 Å². The summed E-state index contributed by atoms with van der Waals surface area (Å²) in [5.74, 6) is 1.11. The number of aromatic amines is 2. The van der Waals surface area contributed by atoms with Crippen LogP contribution in [0.15, 0.2) is 66.9 Å². The van der Waals surface area contributed by atoms with Crippen molar-refractivity contribution in [2.75, 3.05) is 27.3 Å². The molecule has 2 bridgehead atoms. The Bertz CT molecular complexity index is 1890. The lowest BCUT2D eigenvalue weighted by Gasteiger charge is -2.27. The number of carbonyl (C=O) groups excluding carboxylic acids is 3. The fourth-order valence-corrected chi connectivity index (χ4v) is 6.31. The molecule has 3 amide bonds. The molecule has 2 aliphatic rings. The number of likely N-dealkylation sites (tertiary alicyclic amines) is 1. The number of carbonyl (C=O) groups is 3. The first-order chi connectivity index (χ1) is 24.5. The molecule has 0 saturated carbocycles. The highest BCUT2D eigenvalue weighted by molar-refractivity contribution is 7.59. The number of imidazole rings is 2. The predicted octanol–water partition coefficient (Wildman–Crippen LogP) is 6.59. The van der Waals surface area contributed by atoms with Gasteiger partial charge in [-0.3, -0.25) is 9.69 Å². The van der Waals surface area contributed by atoms with Crippen LogP contribution in [0.3, 0.4) is 0 Å². The molecule has 0 radical (unpaired) electrons. The van der Waals surface area contributed by atoms with E-state index in [1.807, 2.05) is 51.3 Å². The van der Waals surface area contributed by atoms with E-state index >= 15 is 0 Å². The van der Waals surface area contributed by atoms with Crippen molar-refractivity contribution < 1.29 is 28.6 Å². The van der Waals surface area contributed by atoms with Gasteiger partial charge in [0.15, 0.2) is 0 Å². The molecule has 2 atom stereocenters. The summed E-state index contributed by atoms with van der Waals surface area (Å²) in [6.45, 7) is 7.14. The van der Waals surface area contributed by atoms with E-state index in [1.54, 1.807) is 11.9 Å². The quantitative estimate of drug-likeness (QED) is 0.193. The Morgan fingerprint density at radius 3 is 2.28 bits per heavy atom. The number of likely N-dealkylation sites (N-methyl/N-ethyl adjacent to an activating group) is 1. The largest absolute Gasteiger partial charge is 0.453 e. The minimum Gasteiger partial charge on any atom is -0.453 e. The topological polar surface area (TPSA) is 155 Å². The minimum absolute atomic E-state index is 0. The van der Waals surface area contributed by atoms with E-state index in [2.05, 4.69) is 56.7 Å². The van der Waals surface area contributed by atoms with Crippen LogP contribution in [0.5, 0.6) is 0 Å². The van der Waals surface area contributed by atoms with E-state index in [9.17, 15) is 14.4 Å². The number of aromatic nitrogens is 4. The van der Waals surface area contributed by atoms with Crippen molar-refractivity contribution in [3.63, 3.8) is 0 Å². The standard InChI is InChI=1S/C38H45N7O6.2H2S/c1-38(2,3)51-37(48)45-19-8-10-31(45)34-39-21-29(41-34)26-15-11-24(12-16-26)25-13-17-27(18-14-25)33-30-23-50-20-7-6-9-28(42-36(47)49-5)35(46)44(4)22-32(40-30)43-33;;/h6-7,11-18,21,28,31H,8-10,19-20,22-23H2,1-5H3,(H,39,41)(H,40,43)(H,42,47);2*1H2/b7-6+;;/t28-,31-;;/m0../s1. The Morgan fingerprint density at radius 2 is 1.62 bits per heavy atom. The van der Waals surface area contributed by atoms with Crippen LogP contribution in [0.1, 0.15) is 63.4 Å². The third-order valence-electron chi connectivity index (χ3n) is 8.84. The first-order valence-electron chi connectivity index (χ1n) is 17.1. The average Bonchev–Trinajstić information content (AvgIpc) is 3.88. The molecule has 3 N–H and O–H groups in total. The zero-order valence-corrected chi connectivity index (χ0v) is 32.7. The fraction of sp³-hybridized carbons (Fsp3) is 0.395. The van der Waals surface area contributed by atoms with Gasteiger partial charge in [-0.05, 0) is 56.7 Å². The number of nitrogens with zero attached hydrogens (tertiary/aromatic N) is 4. The van der Waals surface area contributed by atoms with E-state index in [-0.39, 0.29) is 51.6 Å². The number of H-pyrrole nitrogens is 2. The van der Waals surface area contributed by atoms with Gasteiger partial charge < -0.3 is 34.4 Å². The second-order valence-corrected chi connectivity index (χ2v) is 13.8. The highest BCUT2D eigenvalue weighted by Gasteiger charge is 2.35. The number of nitrogens with one attached hydrogen (secondary N) is 3. The molecule has 0 spiro atoms. The van der Waals surface area contributed by atoms with Crippen LogP contribution >= 0.6 is 27.0 Å². The van der Waals surface area contributed by atoms with E-state index < -0.39 is 17.7 Å². The summed E-state index contributed by atoms with van der Waals surface area (Å²) in [4.78, 5) is 57.4. The summed E-state index contributed by atoms with van der Waals surface area (Å²) in [5, 5.41) is 2.61. The highest BCUT2D eigenvalue weighted by atomic mass is 32.1. The van der Waals surface area contributed by atoms with Crippen LogP contribution in [0.25, 0.3) is 33.6 Å². The number of hydrogen-bond donors (Lipinski definition) is 3. The first-order valence-corrected chi connectivity index (χ1v) is 17.1. The maximum Gasteiger partial charge on any atom is 0.410 e. The summed E-state index contributed by atoms with van der Waals surface area (Å²) in [6, 6.07) is 15.5. The van der Waals surface area contributed by atoms with Crippen LogP contribution in [0.2, 0.25) is 0 Å². The number of hydrogen-bond acceptors (Lipinski definition) is 8. The third-order valence-corrected chi connectivity index (χ3v) is 8.84. The van der Waals surface area contributed by atoms with Crippen molar-refractivity contribution in [2.24, 2.45) is 0 Å². The highest BCUT2D eigenvalue weighted by Crippen LogP contribution is 2.34. The first kappa shape index (κ1) is 41.0. The maximum atomic E-state index is 13.2. The van der Waals surface area contributed by atoms with Crippen molar-refractivity contribution in [3.8, 4) is 33.6 Å². The van der Waals surface area contributed by atoms with Gasteiger partial charge in [0.1, 0.15) is 23.3 Å². The molecule has 1 saturated heterocycles. The second kappa shape index (κ2) is 17.9. The molecule has 2 aliphatic heterocycles. The maximum absolute atomic E-state index is 13.2. The molecule has 1 fully saturated rings. The Hall–Kier alpha value is -4.73. The Morgan fingerprint density at radius 1 is 0.962 bits per heavy atom. The van der Waals surface area contributed by atoms with Crippen LogP contribution in [-0.4, -0.2) is 86.8 Å². The van der Waals surface area contributed by atoms with Gasteiger partial charge >= 0.3 is 12.2 Å². The average molecular weight is 764 g/mol. The number of fused-ring (bicyclic) bond motifs is 2. The van der Waals surface area contributed by atoms with Crippen molar-refractivity contribution in [3.05, 3.63) is 84.2 Å². The second-order valence-electron chi connectivity index (χ2n) is 13.8. The zero-order chi connectivity index (χ0) is 36.1. The van der Waals surface area contributed by atoms with Gasteiger partial charge in [0.05, 0.1) is 56.2 Å². The molecule has 0 aliphatic carbocycles. The molecule has 284 valence electrons. The molecular weight excluding hydrogens is 715 g/mol. The van der Waals surface area contributed by atoms with Gasteiger partial charge in [0.25, 0.3) is 0 Å². The Balaban J connectivity index is 0.00000314. The monoisotopic (exact) mass is 763 g/mol. The summed E-state index contributed by atoms with van der Waals surface area (Å²) in [7, 11) is 2.94. The van der Waals surface area contributed by atoms with Crippen molar-refractivity contribution in [1.82, 2.24) is 35.1 Å². The SMILES string of the molecule is COC(=O)N[C@H]1C/C=C/COCc2[nH]c(nc2-c2ccc(-c3ccc(-c4cnc([C@@H]5CCCN5C(=O)OC(C)(C)C)[nH]4)cc3)cc2)CN(C)C1=O.S.S. The molecule has 6 rings (SSSR count). The Labute approximate surface area is 323 Å². The molecule has 13 nitrogen and oxygen atoms in total. The molecule has 15 heteroatoms. The minimum atomic E-state index is -0.777. The van der Waals surface area contributed by atoms with E-state index in [0.717, 1.165) is 58.0 Å². The molecule has 2 aromatic carbocycles. The van der Waals surface area contributed by atoms with E-state index in [0.29, 0.717) is 32.0 Å². The normalized spacial score (nSPS) is 18.4. The van der Waals surface area contributed by atoms with Crippen molar-refractivity contribution >= 4 is 45.1 Å². The smallest absolute Gasteiger partial charge is 0.410 e. The van der Waals surface area contributed by atoms with Gasteiger partial charge in [0, 0.05) is 19.2 Å². The summed E-state index contributed by atoms with van der Waals surface area (Å²) in [6.07, 6.45) is 6.53. The summed E-state index contributed by atoms with van der Waals surface area (Å²) < 4.78 is 16.2. The van der Waals surface area contributed by atoms with Crippen LogP contribution in [0, 0.1) is 0 Å². The molecular formula is C38H49N7O6S2. The number of benzene rings is 2. The summed E-state index contributed by atoms with van der Waals surface area (Å²) >= 11 is 0.